The first-order chi connectivity index (χ1) is 7.74. The number of halogens is 1. The Morgan fingerprint density at radius 3 is 3.00 bits per heavy atom. The second kappa shape index (κ2) is 3.28. The number of fused-ring (bicyclic) bond motifs is 1. The van der Waals surface area contributed by atoms with Gasteiger partial charge in [0.15, 0.2) is 11.0 Å². The Labute approximate surface area is 95.3 Å². The Morgan fingerprint density at radius 2 is 2.25 bits per heavy atom. The monoisotopic (exact) mass is 234 g/mol. The molecule has 3 heterocycles. The van der Waals surface area contributed by atoms with Crippen LogP contribution in [0.5, 0.6) is 0 Å². The molecule has 7 heteroatoms. The number of hydrogen-bond donors (Lipinski definition) is 1. The Balaban J connectivity index is 2.24. The zero-order valence-electron chi connectivity index (χ0n) is 8.35. The Kier molecular flexibility index (Phi) is 1.90. The van der Waals surface area contributed by atoms with Crippen molar-refractivity contribution >= 4 is 22.6 Å². The van der Waals surface area contributed by atoms with E-state index in [1.807, 2.05) is 19.3 Å². The molecule has 3 aromatic heterocycles. The summed E-state index contributed by atoms with van der Waals surface area (Å²) in [5.74, 6) is 0.500. The highest BCUT2D eigenvalue weighted by Gasteiger charge is 2.10. The number of nitrogens with zero attached hydrogens (tertiary/aromatic N) is 5. The number of aromatic amines is 1. The van der Waals surface area contributed by atoms with Gasteiger partial charge in [0.1, 0.15) is 16.7 Å². The second-order valence-corrected chi connectivity index (χ2v) is 3.70. The fraction of sp³-hybridized carbons (Fsp3) is 0.111. The summed E-state index contributed by atoms with van der Waals surface area (Å²) >= 11 is 6.00. The van der Waals surface area contributed by atoms with Crippen LogP contribution in [0.4, 0.5) is 0 Å². The summed E-state index contributed by atoms with van der Waals surface area (Å²) in [6, 6.07) is 1.83. The summed E-state index contributed by atoms with van der Waals surface area (Å²) in [6.07, 6.45) is 3.43. The van der Waals surface area contributed by atoms with Crippen molar-refractivity contribution in [2.45, 2.75) is 0 Å². The topological polar surface area (TPSA) is 72.3 Å². The molecular formula is C9H7ClN6. The van der Waals surface area contributed by atoms with E-state index < -0.39 is 0 Å². The van der Waals surface area contributed by atoms with Gasteiger partial charge in [-0.2, -0.15) is 10.2 Å². The molecule has 3 aromatic rings. The van der Waals surface area contributed by atoms with E-state index in [2.05, 4.69) is 25.3 Å². The van der Waals surface area contributed by atoms with Crippen molar-refractivity contribution in [1.82, 2.24) is 29.9 Å². The van der Waals surface area contributed by atoms with E-state index in [9.17, 15) is 0 Å². The van der Waals surface area contributed by atoms with Gasteiger partial charge in [-0.25, -0.2) is 9.97 Å². The fourth-order valence-corrected chi connectivity index (χ4v) is 1.67. The van der Waals surface area contributed by atoms with Gasteiger partial charge >= 0.3 is 0 Å². The maximum Gasteiger partial charge on any atom is 0.182 e. The molecule has 16 heavy (non-hydrogen) atoms. The van der Waals surface area contributed by atoms with Gasteiger partial charge in [0.25, 0.3) is 0 Å². The molecular weight excluding hydrogens is 228 g/mol. The van der Waals surface area contributed by atoms with E-state index in [4.69, 9.17) is 11.6 Å². The molecule has 0 radical (unpaired) electrons. The summed E-state index contributed by atoms with van der Waals surface area (Å²) in [4.78, 5) is 8.48. The van der Waals surface area contributed by atoms with Crippen LogP contribution < -0.4 is 0 Å². The van der Waals surface area contributed by atoms with Gasteiger partial charge in [-0.15, -0.1) is 0 Å². The van der Waals surface area contributed by atoms with E-state index in [0.29, 0.717) is 27.7 Å². The SMILES string of the molecule is Cn1ccc(-c2nc(Cl)c3[nH]ncc3n2)n1. The molecule has 0 atom stereocenters. The molecule has 3 rings (SSSR count). The standard InChI is InChI=1S/C9H7ClN6/c1-16-3-2-5(15-16)9-12-6-4-11-14-7(6)8(10)13-9/h2-4H,1H3,(H,11,14). The van der Waals surface area contributed by atoms with Crippen LogP contribution in [0, 0.1) is 0 Å². The van der Waals surface area contributed by atoms with Crippen LogP contribution in [0.3, 0.4) is 0 Å². The highest BCUT2D eigenvalue weighted by molar-refractivity contribution is 6.33. The van der Waals surface area contributed by atoms with Crippen molar-refractivity contribution in [1.29, 1.82) is 0 Å². The highest BCUT2D eigenvalue weighted by atomic mass is 35.5. The molecule has 80 valence electrons. The number of aromatic nitrogens is 6. The third-order valence-corrected chi connectivity index (χ3v) is 2.47. The number of H-pyrrole nitrogens is 1. The van der Waals surface area contributed by atoms with Crippen molar-refractivity contribution in [3.8, 4) is 11.5 Å². The van der Waals surface area contributed by atoms with Gasteiger partial charge in [0.05, 0.1) is 6.20 Å². The number of aryl methyl sites for hydroxylation is 1. The van der Waals surface area contributed by atoms with Crippen LogP contribution in [0.15, 0.2) is 18.5 Å². The summed E-state index contributed by atoms with van der Waals surface area (Å²) in [6.45, 7) is 0. The summed E-state index contributed by atoms with van der Waals surface area (Å²) in [7, 11) is 1.83. The minimum absolute atomic E-state index is 0.350. The molecule has 0 aliphatic rings. The lowest BCUT2D eigenvalue weighted by molar-refractivity contribution is 0.769. The quantitative estimate of drug-likeness (QED) is 0.646. The van der Waals surface area contributed by atoms with E-state index >= 15 is 0 Å². The molecule has 0 aliphatic heterocycles. The maximum atomic E-state index is 6.00. The number of nitrogens with one attached hydrogen (secondary N) is 1. The van der Waals surface area contributed by atoms with Crippen molar-refractivity contribution in [3.05, 3.63) is 23.6 Å². The summed E-state index contributed by atoms with van der Waals surface area (Å²) < 4.78 is 1.69. The van der Waals surface area contributed by atoms with Gasteiger partial charge in [-0.3, -0.25) is 9.78 Å². The van der Waals surface area contributed by atoms with Crippen molar-refractivity contribution in [2.24, 2.45) is 7.05 Å². The van der Waals surface area contributed by atoms with E-state index in [1.165, 1.54) is 0 Å². The van der Waals surface area contributed by atoms with Crippen LogP contribution in [0.25, 0.3) is 22.6 Å². The van der Waals surface area contributed by atoms with Gasteiger partial charge < -0.3 is 0 Å². The van der Waals surface area contributed by atoms with Gasteiger partial charge in [0, 0.05) is 13.2 Å². The second-order valence-electron chi connectivity index (χ2n) is 3.34. The smallest absolute Gasteiger partial charge is 0.182 e. The molecule has 0 aliphatic carbocycles. The van der Waals surface area contributed by atoms with Crippen molar-refractivity contribution in [2.75, 3.05) is 0 Å². The van der Waals surface area contributed by atoms with Crippen LogP contribution in [0.2, 0.25) is 5.15 Å². The number of hydrogen-bond acceptors (Lipinski definition) is 4. The lowest BCUT2D eigenvalue weighted by Gasteiger charge is -1.97. The van der Waals surface area contributed by atoms with Crippen LogP contribution in [-0.4, -0.2) is 29.9 Å². The van der Waals surface area contributed by atoms with Crippen molar-refractivity contribution in [3.63, 3.8) is 0 Å². The molecule has 0 amide bonds. The molecule has 0 unspecified atom stereocenters. The Hall–Kier alpha value is -1.95. The normalized spacial score (nSPS) is 11.1. The van der Waals surface area contributed by atoms with Crippen LogP contribution in [0.1, 0.15) is 0 Å². The summed E-state index contributed by atoms with van der Waals surface area (Å²) in [5.41, 5.74) is 2.01. The number of rotatable bonds is 1. The van der Waals surface area contributed by atoms with E-state index in [0.717, 1.165) is 0 Å². The average molecular weight is 235 g/mol. The first-order valence-corrected chi connectivity index (χ1v) is 4.98. The van der Waals surface area contributed by atoms with Crippen LogP contribution in [-0.2, 0) is 7.05 Å². The molecule has 0 spiro atoms. The molecule has 0 bridgehead atoms. The summed E-state index contributed by atoms with van der Waals surface area (Å²) in [5, 5.41) is 11.2. The van der Waals surface area contributed by atoms with Crippen LogP contribution >= 0.6 is 11.6 Å². The van der Waals surface area contributed by atoms with Gasteiger partial charge in [-0.1, -0.05) is 11.6 Å². The predicted octanol–water partition coefficient (Wildman–Crippen LogP) is 1.41. The lowest BCUT2D eigenvalue weighted by atomic mass is 10.4. The predicted molar refractivity (Wildman–Crippen MR) is 58.9 cm³/mol. The molecule has 0 aromatic carbocycles. The average Bonchev–Trinajstić information content (AvgIpc) is 2.85. The minimum atomic E-state index is 0.350. The van der Waals surface area contributed by atoms with E-state index in [1.54, 1.807) is 10.9 Å². The lowest BCUT2D eigenvalue weighted by Crippen LogP contribution is -1.93. The minimum Gasteiger partial charge on any atom is -0.275 e. The fourth-order valence-electron chi connectivity index (χ4n) is 1.45. The first-order valence-electron chi connectivity index (χ1n) is 4.60. The highest BCUT2D eigenvalue weighted by Crippen LogP contribution is 2.21. The Morgan fingerprint density at radius 1 is 1.38 bits per heavy atom. The Bertz CT molecular complexity index is 655. The van der Waals surface area contributed by atoms with Crippen molar-refractivity contribution < 1.29 is 0 Å². The molecule has 6 nitrogen and oxygen atoms in total. The molecule has 0 fully saturated rings. The van der Waals surface area contributed by atoms with Gasteiger partial charge in [0.2, 0.25) is 0 Å². The first kappa shape index (κ1) is 9.29. The largest absolute Gasteiger partial charge is 0.275 e. The molecule has 0 saturated heterocycles. The third kappa shape index (κ3) is 1.35. The van der Waals surface area contributed by atoms with E-state index in [-0.39, 0.29) is 0 Å². The molecule has 1 N–H and O–H groups in total. The zero-order chi connectivity index (χ0) is 11.1. The molecule has 0 saturated carbocycles. The maximum absolute atomic E-state index is 6.00. The zero-order valence-corrected chi connectivity index (χ0v) is 9.10. The van der Waals surface area contributed by atoms with Gasteiger partial charge in [-0.05, 0) is 6.07 Å². The third-order valence-electron chi connectivity index (χ3n) is 2.20.